The molecule has 2 aromatic heterocycles. The molecule has 0 amide bonds. The molecule has 0 aliphatic carbocycles. The number of aryl methyl sites for hydroxylation is 4. The summed E-state index contributed by atoms with van der Waals surface area (Å²) < 4.78 is 34.3. The average Bonchev–Trinajstić information content (AvgIpc) is 3.06. The highest BCUT2D eigenvalue weighted by molar-refractivity contribution is 7.93. The third-order valence-corrected chi connectivity index (χ3v) is 5.71. The standard InChI is InChI=1S/C17H20N4O3S/c1-9-7-6-8-14(10(9)2)21-25(22,23)16-12(4)18-11(3)15(16)17-20-19-13(5)24-17/h6-8,18,21H,1-5H3. The van der Waals surface area contributed by atoms with Crippen molar-refractivity contribution in [2.24, 2.45) is 0 Å². The summed E-state index contributed by atoms with van der Waals surface area (Å²) in [6, 6.07) is 5.49. The average molecular weight is 360 g/mol. The van der Waals surface area contributed by atoms with Crippen molar-refractivity contribution >= 4 is 15.7 Å². The summed E-state index contributed by atoms with van der Waals surface area (Å²) in [4.78, 5) is 3.17. The smallest absolute Gasteiger partial charge is 0.264 e. The topological polar surface area (TPSA) is 101 Å². The summed E-state index contributed by atoms with van der Waals surface area (Å²) in [5.74, 6) is 0.555. The number of nitrogens with zero attached hydrogens (tertiary/aromatic N) is 2. The highest BCUT2D eigenvalue weighted by atomic mass is 32.2. The third-order valence-electron chi connectivity index (χ3n) is 4.18. The van der Waals surface area contributed by atoms with Crippen LogP contribution in [0.5, 0.6) is 0 Å². The third kappa shape index (κ3) is 3.05. The Hall–Kier alpha value is -2.61. The molecule has 0 radical (unpaired) electrons. The molecule has 0 aliphatic heterocycles. The first kappa shape index (κ1) is 17.2. The van der Waals surface area contributed by atoms with E-state index in [0.717, 1.165) is 11.1 Å². The Morgan fingerprint density at radius 2 is 1.76 bits per heavy atom. The van der Waals surface area contributed by atoms with Crippen LogP contribution in [0.25, 0.3) is 11.5 Å². The van der Waals surface area contributed by atoms with Crippen LogP contribution < -0.4 is 4.72 Å². The van der Waals surface area contributed by atoms with Gasteiger partial charge in [0, 0.05) is 18.3 Å². The van der Waals surface area contributed by atoms with Gasteiger partial charge in [0.15, 0.2) is 0 Å². The zero-order valence-corrected chi connectivity index (χ0v) is 15.6. The summed E-state index contributed by atoms with van der Waals surface area (Å²) in [5.41, 5.74) is 4.01. The maximum atomic E-state index is 13.1. The van der Waals surface area contributed by atoms with E-state index in [0.29, 0.717) is 28.5 Å². The van der Waals surface area contributed by atoms with Gasteiger partial charge in [0.05, 0.1) is 11.3 Å². The monoisotopic (exact) mass is 360 g/mol. The van der Waals surface area contributed by atoms with Crippen molar-refractivity contribution < 1.29 is 12.8 Å². The lowest BCUT2D eigenvalue weighted by Gasteiger charge is -2.13. The van der Waals surface area contributed by atoms with Crippen molar-refractivity contribution in [2.75, 3.05) is 4.72 Å². The van der Waals surface area contributed by atoms with Crippen molar-refractivity contribution in [1.29, 1.82) is 0 Å². The Morgan fingerprint density at radius 3 is 2.40 bits per heavy atom. The highest BCUT2D eigenvalue weighted by Crippen LogP contribution is 2.34. The van der Waals surface area contributed by atoms with Crippen LogP contribution in [0.15, 0.2) is 27.5 Å². The summed E-state index contributed by atoms with van der Waals surface area (Å²) in [7, 11) is -3.84. The van der Waals surface area contributed by atoms with Crippen LogP contribution in [-0.4, -0.2) is 23.6 Å². The minimum absolute atomic E-state index is 0.120. The summed E-state index contributed by atoms with van der Waals surface area (Å²) >= 11 is 0. The van der Waals surface area contributed by atoms with E-state index in [1.807, 2.05) is 26.0 Å². The Labute approximate surface area is 146 Å². The number of nitrogens with one attached hydrogen (secondary N) is 2. The zero-order valence-electron chi connectivity index (χ0n) is 14.8. The van der Waals surface area contributed by atoms with Crippen LogP contribution in [0.4, 0.5) is 5.69 Å². The molecular weight excluding hydrogens is 340 g/mol. The van der Waals surface area contributed by atoms with Gasteiger partial charge in [-0.3, -0.25) is 4.72 Å². The molecule has 0 atom stereocenters. The molecule has 0 unspecified atom stereocenters. The molecule has 25 heavy (non-hydrogen) atoms. The maximum absolute atomic E-state index is 13.1. The van der Waals surface area contributed by atoms with Gasteiger partial charge in [0.2, 0.25) is 5.89 Å². The second-order valence-electron chi connectivity index (χ2n) is 6.06. The fourth-order valence-electron chi connectivity index (χ4n) is 2.81. The van der Waals surface area contributed by atoms with Crippen LogP contribution in [-0.2, 0) is 10.0 Å². The van der Waals surface area contributed by atoms with Crippen molar-refractivity contribution in [3.63, 3.8) is 0 Å². The number of aromatic nitrogens is 3. The predicted octanol–water partition coefficient (Wildman–Crippen LogP) is 3.41. The SMILES string of the molecule is Cc1nnc(-c2c(C)[nH]c(C)c2S(=O)(=O)Nc2cccc(C)c2C)o1. The van der Waals surface area contributed by atoms with Crippen LogP contribution >= 0.6 is 0 Å². The second-order valence-corrected chi connectivity index (χ2v) is 7.68. The summed E-state index contributed by atoms with van der Waals surface area (Å²) in [6.07, 6.45) is 0. The predicted molar refractivity (Wildman–Crippen MR) is 95.0 cm³/mol. The van der Waals surface area contributed by atoms with Crippen LogP contribution in [0, 0.1) is 34.6 Å². The first-order valence-electron chi connectivity index (χ1n) is 7.79. The van der Waals surface area contributed by atoms with Crippen LogP contribution in [0.3, 0.4) is 0 Å². The molecule has 0 aliphatic rings. The highest BCUT2D eigenvalue weighted by Gasteiger charge is 2.29. The lowest BCUT2D eigenvalue weighted by molar-refractivity contribution is 0.531. The molecular formula is C17H20N4O3S. The van der Waals surface area contributed by atoms with E-state index in [2.05, 4.69) is 19.9 Å². The van der Waals surface area contributed by atoms with Gasteiger partial charge in [-0.05, 0) is 44.9 Å². The number of sulfonamides is 1. The Morgan fingerprint density at radius 1 is 1.04 bits per heavy atom. The molecule has 0 bridgehead atoms. The molecule has 3 aromatic rings. The molecule has 1 aromatic carbocycles. The number of rotatable bonds is 4. The van der Waals surface area contributed by atoms with Crippen molar-refractivity contribution in [3.05, 3.63) is 46.6 Å². The zero-order chi connectivity index (χ0) is 18.4. The van der Waals surface area contributed by atoms with E-state index in [1.54, 1.807) is 26.8 Å². The fourth-order valence-corrected chi connectivity index (χ4v) is 4.38. The van der Waals surface area contributed by atoms with Crippen molar-refractivity contribution in [2.45, 2.75) is 39.5 Å². The van der Waals surface area contributed by atoms with Crippen molar-refractivity contribution in [3.8, 4) is 11.5 Å². The van der Waals surface area contributed by atoms with Gasteiger partial charge < -0.3 is 9.40 Å². The lowest BCUT2D eigenvalue weighted by atomic mass is 10.1. The van der Waals surface area contributed by atoms with Gasteiger partial charge in [0.1, 0.15) is 4.90 Å². The first-order chi connectivity index (χ1) is 11.7. The fraction of sp³-hybridized carbons (Fsp3) is 0.294. The van der Waals surface area contributed by atoms with E-state index >= 15 is 0 Å². The molecule has 2 heterocycles. The molecule has 7 nitrogen and oxygen atoms in total. The van der Waals surface area contributed by atoms with Gasteiger partial charge in [-0.25, -0.2) is 8.42 Å². The lowest BCUT2D eigenvalue weighted by Crippen LogP contribution is -2.15. The number of hydrogen-bond donors (Lipinski definition) is 2. The Bertz CT molecular complexity index is 1050. The molecule has 0 fully saturated rings. The second kappa shape index (κ2) is 6.03. The van der Waals surface area contributed by atoms with Gasteiger partial charge in [0.25, 0.3) is 15.9 Å². The number of aromatic amines is 1. The van der Waals surface area contributed by atoms with Crippen molar-refractivity contribution in [1.82, 2.24) is 15.2 Å². The molecule has 0 spiro atoms. The Kier molecular flexibility index (Phi) is 4.16. The molecule has 2 N–H and O–H groups in total. The largest absolute Gasteiger partial charge is 0.421 e. The molecule has 0 saturated carbocycles. The molecule has 3 rings (SSSR count). The van der Waals surface area contributed by atoms with E-state index in [9.17, 15) is 8.42 Å². The minimum Gasteiger partial charge on any atom is -0.421 e. The quantitative estimate of drug-likeness (QED) is 0.742. The molecule has 132 valence electrons. The number of benzene rings is 1. The van der Waals surface area contributed by atoms with E-state index in [-0.39, 0.29) is 10.8 Å². The van der Waals surface area contributed by atoms with Crippen LogP contribution in [0.1, 0.15) is 28.4 Å². The summed E-state index contributed by atoms with van der Waals surface area (Å²) in [6.45, 7) is 8.96. The van der Waals surface area contributed by atoms with Gasteiger partial charge in [-0.15, -0.1) is 10.2 Å². The van der Waals surface area contributed by atoms with E-state index in [1.165, 1.54) is 0 Å². The van der Waals surface area contributed by atoms with Gasteiger partial charge in [-0.2, -0.15) is 0 Å². The maximum Gasteiger partial charge on any atom is 0.264 e. The molecule has 8 heteroatoms. The number of anilines is 1. The van der Waals surface area contributed by atoms with Gasteiger partial charge in [-0.1, -0.05) is 12.1 Å². The minimum atomic E-state index is -3.84. The van der Waals surface area contributed by atoms with E-state index < -0.39 is 10.0 Å². The van der Waals surface area contributed by atoms with Crippen LogP contribution in [0.2, 0.25) is 0 Å². The number of H-pyrrole nitrogens is 1. The van der Waals surface area contributed by atoms with E-state index in [4.69, 9.17) is 4.42 Å². The first-order valence-corrected chi connectivity index (χ1v) is 9.27. The number of hydrogen-bond acceptors (Lipinski definition) is 5. The normalized spacial score (nSPS) is 11.7. The molecule has 0 saturated heterocycles. The van der Waals surface area contributed by atoms with Gasteiger partial charge >= 0.3 is 0 Å². The summed E-state index contributed by atoms with van der Waals surface area (Å²) in [5, 5.41) is 7.77. The Balaban J connectivity index is 2.14.